The SMILES string of the molecule is CC(C)CNCC(O)CN(CC1CC1)C1CC1. The third-order valence-electron chi connectivity index (χ3n) is 3.63. The van der Waals surface area contributed by atoms with Gasteiger partial charge in [0.15, 0.2) is 0 Å². The van der Waals surface area contributed by atoms with Crippen LogP contribution in [0.15, 0.2) is 0 Å². The first-order chi connectivity index (χ1) is 8.15. The molecular weight excluding hydrogens is 212 g/mol. The van der Waals surface area contributed by atoms with Gasteiger partial charge in [0.25, 0.3) is 0 Å². The fourth-order valence-electron chi connectivity index (χ4n) is 2.32. The highest BCUT2D eigenvalue weighted by Gasteiger charge is 2.34. The van der Waals surface area contributed by atoms with E-state index in [1.54, 1.807) is 0 Å². The van der Waals surface area contributed by atoms with Crippen LogP contribution in [-0.4, -0.2) is 48.3 Å². The van der Waals surface area contributed by atoms with Gasteiger partial charge in [0.1, 0.15) is 0 Å². The van der Waals surface area contributed by atoms with Crippen LogP contribution in [0.3, 0.4) is 0 Å². The third kappa shape index (κ3) is 5.36. The van der Waals surface area contributed by atoms with Crippen molar-refractivity contribution in [2.75, 3.05) is 26.2 Å². The number of rotatable bonds is 9. The molecule has 2 aliphatic carbocycles. The molecule has 3 nitrogen and oxygen atoms in total. The third-order valence-corrected chi connectivity index (χ3v) is 3.63. The summed E-state index contributed by atoms with van der Waals surface area (Å²) in [6.07, 6.45) is 5.31. The van der Waals surface area contributed by atoms with Crippen LogP contribution in [0.5, 0.6) is 0 Å². The van der Waals surface area contributed by atoms with Gasteiger partial charge in [-0.3, -0.25) is 4.90 Å². The van der Waals surface area contributed by atoms with Crippen molar-refractivity contribution in [3.8, 4) is 0 Å². The molecule has 17 heavy (non-hydrogen) atoms. The minimum Gasteiger partial charge on any atom is -0.390 e. The molecule has 0 aliphatic heterocycles. The van der Waals surface area contributed by atoms with E-state index in [1.807, 2.05) is 0 Å². The van der Waals surface area contributed by atoms with Gasteiger partial charge in [-0.15, -0.1) is 0 Å². The second-order valence-electron chi connectivity index (χ2n) is 6.33. The molecule has 100 valence electrons. The zero-order valence-corrected chi connectivity index (χ0v) is 11.4. The highest BCUT2D eigenvalue weighted by molar-refractivity contribution is 4.89. The predicted molar refractivity (Wildman–Crippen MR) is 71.0 cm³/mol. The lowest BCUT2D eigenvalue weighted by Crippen LogP contribution is -2.41. The van der Waals surface area contributed by atoms with Gasteiger partial charge in [-0.1, -0.05) is 13.8 Å². The second kappa shape index (κ2) is 6.17. The molecule has 2 N–H and O–H groups in total. The number of aliphatic hydroxyl groups is 1. The van der Waals surface area contributed by atoms with E-state index >= 15 is 0 Å². The molecule has 0 amide bonds. The first kappa shape index (κ1) is 13.3. The lowest BCUT2D eigenvalue weighted by atomic mass is 10.2. The second-order valence-corrected chi connectivity index (χ2v) is 6.33. The van der Waals surface area contributed by atoms with E-state index in [0.29, 0.717) is 5.92 Å². The largest absolute Gasteiger partial charge is 0.390 e. The molecule has 1 atom stereocenters. The van der Waals surface area contributed by atoms with Gasteiger partial charge in [0.2, 0.25) is 0 Å². The molecule has 0 aromatic carbocycles. The number of nitrogens with zero attached hydrogens (tertiary/aromatic N) is 1. The molecule has 3 heteroatoms. The predicted octanol–water partition coefficient (Wildman–Crippen LogP) is 1.47. The van der Waals surface area contributed by atoms with Crippen molar-refractivity contribution in [1.82, 2.24) is 10.2 Å². The lowest BCUT2D eigenvalue weighted by Gasteiger charge is -2.25. The normalized spacial score (nSPS) is 22.4. The Hall–Kier alpha value is -0.120. The summed E-state index contributed by atoms with van der Waals surface area (Å²) in [7, 11) is 0. The summed E-state index contributed by atoms with van der Waals surface area (Å²) in [6, 6.07) is 0.787. The smallest absolute Gasteiger partial charge is 0.0791 e. The molecule has 1 unspecified atom stereocenters. The topological polar surface area (TPSA) is 35.5 Å². The van der Waals surface area contributed by atoms with Gasteiger partial charge in [0, 0.05) is 25.7 Å². The lowest BCUT2D eigenvalue weighted by molar-refractivity contribution is 0.104. The van der Waals surface area contributed by atoms with E-state index in [4.69, 9.17) is 0 Å². The highest BCUT2D eigenvalue weighted by atomic mass is 16.3. The van der Waals surface area contributed by atoms with E-state index in [9.17, 15) is 5.11 Å². The molecule has 0 aromatic heterocycles. The summed E-state index contributed by atoms with van der Waals surface area (Å²) >= 11 is 0. The van der Waals surface area contributed by atoms with Crippen molar-refractivity contribution in [2.24, 2.45) is 11.8 Å². The van der Waals surface area contributed by atoms with Crippen LogP contribution in [0.2, 0.25) is 0 Å². The van der Waals surface area contributed by atoms with Crippen molar-refractivity contribution < 1.29 is 5.11 Å². The maximum atomic E-state index is 10.0. The first-order valence-electron chi connectivity index (χ1n) is 7.28. The van der Waals surface area contributed by atoms with Gasteiger partial charge in [-0.25, -0.2) is 0 Å². The molecule has 0 bridgehead atoms. The number of nitrogens with one attached hydrogen (secondary N) is 1. The minimum absolute atomic E-state index is 0.201. The average molecular weight is 240 g/mol. The Balaban J connectivity index is 1.61. The summed E-state index contributed by atoms with van der Waals surface area (Å²) in [4.78, 5) is 2.53. The van der Waals surface area contributed by atoms with Crippen molar-refractivity contribution in [1.29, 1.82) is 0 Å². The number of hydrogen-bond acceptors (Lipinski definition) is 3. The highest BCUT2D eigenvalue weighted by Crippen LogP contribution is 2.34. The van der Waals surface area contributed by atoms with E-state index in [2.05, 4.69) is 24.1 Å². The van der Waals surface area contributed by atoms with E-state index in [0.717, 1.165) is 31.6 Å². The zero-order chi connectivity index (χ0) is 12.3. The number of aliphatic hydroxyl groups excluding tert-OH is 1. The van der Waals surface area contributed by atoms with Crippen LogP contribution in [0, 0.1) is 11.8 Å². The molecule has 0 heterocycles. The van der Waals surface area contributed by atoms with Crippen molar-refractivity contribution in [2.45, 2.75) is 51.7 Å². The molecule has 2 saturated carbocycles. The first-order valence-corrected chi connectivity index (χ1v) is 7.28. The van der Waals surface area contributed by atoms with Gasteiger partial charge in [-0.2, -0.15) is 0 Å². The molecule has 0 saturated heterocycles. The van der Waals surface area contributed by atoms with Crippen LogP contribution in [0.25, 0.3) is 0 Å². The molecule has 0 spiro atoms. The Kier molecular flexibility index (Phi) is 4.83. The molecule has 2 rings (SSSR count). The van der Waals surface area contributed by atoms with Crippen molar-refractivity contribution >= 4 is 0 Å². The fourth-order valence-corrected chi connectivity index (χ4v) is 2.32. The summed E-state index contributed by atoms with van der Waals surface area (Å²) in [5.41, 5.74) is 0. The average Bonchev–Trinajstić information content (AvgIpc) is 3.11. The monoisotopic (exact) mass is 240 g/mol. The molecule has 2 aliphatic rings. The summed E-state index contributed by atoms with van der Waals surface area (Å²) < 4.78 is 0. The molecular formula is C14H28N2O. The zero-order valence-electron chi connectivity index (χ0n) is 11.4. The van der Waals surface area contributed by atoms with Crippen molar-refractivity contribution in [3.63, 3.8) is 0 Å². The van der Waals surface area contributed by atoms with Crippen LogP contribution in [0.1, 0.15) is 39.5 Å². The Bertz CT molecular complexity index is 224. The van der Waals surface area contributed by atoms with Gasteiger partial charge >= 0.3 is 0 Å². The molecule has 2 fully saturated rings. The van der Waals surface area contributed by atoms with Gasteiger partial charge < -0.3 is 10.4 Å². The fraction of sp³-hybridized carbons (Fsp3) is 1.00. The maximum Gasteiger partial charge on any atom is 0.0791 e. The Morgan fingerprint density at radius 3 is 2.41 bits per heavy atom. The van der Waals surface area contributed by atoms with Crippen LogP contribution in [0.4, 0.5) is 0 Å². The Labute approximate surface area is 106 Å². The van der Waals surface area contributed by atoms with Gasteiger partial charge in [-0.05, 0) is 44.1 Å². The van der Waals surface area contributed by atoms with E-state index in [-0.39, 0.29) is 6.10 Å². The summed E-state index contributed by atoms with van der Waals surface area (Å²) in [5, 5.41) is 13.4. The van der Waals surface area contributed by atoms with Crippen molar-refractivity contribution in [3.05, 3.63) is 0 Å². The quantitative estimate of drug-likeness (QED) is 0.640. The molecule has 0 aromatic rings. The minimum atomic E-state index is -0.201. The summed E-state index contributed by atoms with van der Waals surface area (Å²) in [5.74, 6) is 1.60. The molecule has 0 radical (unpaired) electrons. The Morgan fingerprint density at radius 1 is 1.18 bits per heavy atom. The van der Waals surface area contributed by atoms with E-state index in [1.165, 1.54) is 32.2 Å². The standard InChI is InChI=1S/C14H28N2O/c1-11(2)7-15-8-14(17)10-16(13-5-6-13)9-12-3-4-12/h11-15,17H,3-10H2,1-2H3. The van der Waals surface area contributed by atoms with Crippen LogP contribution in [-0.2, 0) is 0 Å². The van der Waals surface area contributed by atoms with Gasteiger partial charge in [0.05, 0.1) is 6.10 Å². The van der Waals surface area contributed by atoms with Crippen LogP contribution >= 0.6 is 0 Å². The maximum absolute atomic E-state index is 10.0. The van der Waals surface area contributed by atoms with E-state index < -0.39 is 0 Å². The summed E-state index contributed by atoms with van der Waals surface area (Å²) in [6.45, 7) is 8.24. The Morgan fingerprint density at radius 2 is 1.88 bits per heavy atom. The van der Waals surface area contributed by atoms with Crippen LogP contribution < -0.4 is 5.32 Å². The number of hydrogen-bond donors (Lipinski definition) is 2.